The molecule has 0 saturated heterocycles. The highest BCUT2D eigenvalue weighted by Crippen LogP contribution is 2.28. The molecule has 1 N–H and O–H groups in total. The predicted molar refractivity (Wildman–Crippen MR) is 79.7 cm³/mol. The third-order valence-electron chi connectivity index (χ3n) is 2.80. The standard InChI is InChI=1S/C14H21BrN2/c1-5-9-17(4)14-8-7-12(10-13(14)15)11(3)16-6-2/h5,7-8,10-11,16H,1,6,9H2,2-4H3. The van der Waals surface area contributed by atoms with Crippen LogP contribution in [0, 0.1) is 0 Å². The molecule has 0 aliphatic carbocycles. The minimum atomic E-state index is 0.384. The highest BCUT2D eigenvalue weighted by molar-refractivity contribution is 9.10. The van der Waals surface area contributed by atoms with Crippen LogP contribution in [-0.4, -0.2) is 20.1 Å². The van der Waals surface area contributed by atoms with E-state index in [4.69, 9.17) is 0 Å². The maximum atomic E-state index is 3.76. The highest BCUT2D eigenvalue weighted by Gasteiger charge is 2.08. The van der Waals surface area contributed by atoms with Gasteiger partial charge in [0.1, 0.15) is 0 Å². The fourth-order valence-electron chi connectivity index (χ4n) is 1.82. The van der Waals surface area contributed by atoms with Crippen molar-refractivity contribution in [3.8, 4) is 0 Å². The number of benzene rings is 1. The molecule has 0 heterocycles. The van der Waals surface area contributed by atoms with Crippen molar-refractivity contribution in [1.82, 2.24) is 5.32 Å². The zero-order chi connectivity index (χ0) is 12.8. The van der Waals surface area contributed by atoms with Crippen molar-refractivity contribution in [2.75, 3.05) is 25.0 Å². The summed E-state index contributed by atoms with van der Waals surface area (Å²) in [6.07, 6.45) is 1.90. The summed E-state index contributed by atoms with van der Waals surface area (Å²) in [4.78, 5) is 2.17. The van der Waals surface area contributed by atoms with Crippen molar-refractivity contribution in [1.29, 1.82) is 0 Å². The average molecular weight is 297 g/mol. The second-order valence-electron chi connectivity index (χ2n) is 4.16. The van der Waals surface area contributed by atoms with Gasteiger partial charge in [0, 0.05) is 24.1 Å². The summed E-state index contributed by atoms with van der Waals surface area (Å²) in [7, 11) is 2.06. The highest BCUT2D eigenvalue weighted by atomic mass is 79.9. The number of nitrogens with one attached hydrogen (secondary N) is 1. The van der Waals surface area contributed by atoms with Crippen molar-refractivity contribution in [2.45, 2.75) is 19.9 Å². The lowest BCUT2D eigenvalue weighted by Gasteiger charge is -2.21. The number of rotatable bonds is 6. The van der Waals surface area contributed by atoms with E-state index in [1.165, 1.54) is 11.3 Å². The first-order valence-electron chi connectivity index (χ1n) is 5.95. The molecule has 0 saturated carbocycles. The van der Waals surface area contributed by atoms with E-state index in [1.807, 2.05) is 6.08 Å². The molecule has 94 valence electrons. The molecule has 1 unspecified atom stereocenters. The molecule has 17 heavy (non-hydrogen) atoms. The van der Waals surface area contributed by atoms with Crippen LogP contribution in [0.1, 0.15) is 25.5 Å². The van der Waals surface area contributed by atoms with E-state index < -0.39 is 0 Å². The van der Waals surface area contributed by atoms with Gasteiger partial charge in [0.25, 0.3) is 0 Å². The number of hydrogen-bond acceptors (Lipinski definition) is 2. The Balaban J connectivity index is 2.89. The molecule has 0 aliphatic rings. The maximum absolute atomic E-state index is 3.76. The largest absolute Gasteiger partial charge is 0.370 e. The number of anilines is 1. The van der Waals surface area contributed by atoms with Crippen LogP contribution in [0.5, 0.6) is 0 Å². The molecule has 1 aromatic carbocycles. The fraction of sp³-hybridized carbons (Fsp3) is 0.429. The molecule has 3 heteroatoms. The van der Waals surface area contributed by atoms with E-state index in [0.29, 0.717) is 6.04 Å². The average Bonchev–Trinajstić information content (AvgIpc) is 2.29. The zero-order valence-corrected chi connectivity index (χ0v) is 12.4. The van der Waals surface area contributed by atoms with Gasteiger partial charge in [0.05, 0.1) is 5.69 Å². The SMILES string of the molecule is C=CCN(C)c1ccc(C(C)NCC)cc1Br. The Morgan fingerprint density at radius 2 is 2.24 bits per heavy atom. The molecular weight excluding hydrogens is 276 g/mol. The van der Waals surface area contributed by atoms with Gasteiger partial charge >= 0.3 is 0 Å². The Labute approximate surface area is 113 Å². The lowest BCUT2D eigenvalue weighted by atomic mass is 10.1. The van der Waals surface area contributed by atoms with Crippen molar-refractivity contribution in [2.24, 2.45) is 0 Å². The predicted octanol–water partition coefficient (Wildman–Crippen LogP) is 3.74. The van der Waals surface area contributed by atoms with E-state index in [0.717, 1.165) is 17.6 Å². The number of nitrogens with zero attached hydrogens (tertiary/aromatic N) is 1. The van der Waals surface area contributed by atoms with Crippen LogP contribution in [0.2, 0.25) is 0 Å². The first-order chi connectivity index (χ1) is 8.10. The van der Waals surface area contributed by atoms with Crippen molar-refractivity contribution >= 4 is 21.6 Å². The summed E-state index contributed by atoms with van der Waals surface area (Å²) in [5.74, 6) is 0. The molecule has 0 bridgehead atoms. The molecule has 0 fully saturated rings. The van der Waals surface area contributed by atoms with Gasteiger partial charge in [0.15, 0.2) is 0 Å². The lowest BCUT2D eigenvalue weighted by Crippen LogP contribution is -2.19. The van der Waals surface area contributed by atoms with Crippen LogP contribution in [-0.2, 0) is 0 Å². The van der Waals surface area contributed by atoms with Crippen molar-refractivity contribution in [3.63, 3.8) is 0 Å². The summed E-state index contributed by atoms with van der Waals surface area (Å²) in [6, 6.07) is 6.89. The second-order valence-corrected chi connectivity index (χ2v) is 5.01. The normalized spacial score (nSPS) is 12.2. The first-order valence-corrected chi connectivity index (χ1v) is 6.74. The van der Waals surface area contributed by atoms with Crippen LogP contribution >= 0.6 is 15.9 Å². The van der Waals surface area contributed by atoms with Crippen LogP contribution < -0.4 is 10.2 Å². The Bertz CT molecular complexity index is 376. The van der Waals surface area contributed by atoms with Crippen molar-refractivity contribution < 1.29 is 0 Å². The van der Waals surface area contributed by atoms with Gasteiger partial charge in [-0.25, -0.2) is 0 Å². The maximum Gasteiger partial charge on any atom is 0.0511 e. The van der Waals surface area contributed by atoms with E-state index in [2.05, 4.69) is 71.8 Å². The molecule has 0 spiro atoms. The van der Waals surface area contributed by atoms with Gasteiger partial charge in [-0.15, -0.1) is 6.58 Å². The van der Waals surface area contributed by atoms with Crippen LogP contribution in [0.3, 0.4) is 0 Å². The van der Waals surface area contributed by atoms with Gasteiger partial charge in [-0.05, 0) is 47.1 Å². The van der Waals surface area contributed by atoms with Gasteiger partial charge < -0.3 is 10.2 Å². The fourth-order valence-corrected chi connectivity index (χ4v) is 2.52. The van der Waals surface area contributed by atoms with E-state index in [1.54, 1.807) is 0 Å². The zero-order valence-electron chi connectivity index (χ0n) is 10.8. The summed E-state index contributed by atoms with van der Waals surface area (Å²) in [5.41, 5.74) is 2.49. The van der Waals surface area contributed by atoms with E-state index in [-0.39, 0.29) is 0 Å². The Kier molecular flexibility index (Phi) is 5.72. The molecule has 1 aromatic rings. The Morgan fingerprint density at radius 1 is 1.53 bits per heavy atom. The summed E-state index contributed by atoms with van der Waals surface area (Å²) in [5, 5.41) is 3.41. The molecule has 0 aromatic heterocycles. The van der Waals surface area contributed by atoms with Gasteiger partial charge in [0.2, 0.25) is 0 Å². The lowest BCUT2D eigenvalue weighted by molar-refractivity contribution is 0.598. The van der Waals surface area contributed by atoms with Gasteiger partial charge in [-0.2, -0.15) is 0 Å². The van der Waals surface area contributed by atoms with Crippen LogP contribution in [0.4, 0.5) is 5.69 Å². The number of likely N-dealkylation sites (N-methyl/N-ethyl adjacent to an activating group) is 1. The summed E-state index contributed by atoms with van der Waals surface area (Å²) < 4.78 is 1.13. The molecule has 1 atom stereocenters. The molecule has 1 rings (SSSR count). The van der Waals surface area contributed by atoms with Crippen molar-refractivity contribution in [3.05, 3.63) is 40.9 Å². The number of halogens is 1. The third kappa shape index (κ3) is 3.86. The first kappa shape index (κ1) is 14.3. The van der Waals surface area contributed by atoms with Gasteiger partial charge in [-0.3, -0.25) is 0 Å². The summed E-state index contributed by atoms with van der Waals surface area (Å²) in [6.45, 7) is 9.89. The smallest absolute Gasteiger partial charge is 0.0511 e. The molecule has 0 amide bonds. The third-order valence-corrected chi connectivity index (χ3v) is 3.43. The number of hydrogen-bond donors (Lipinski definition) is 1. The van der Waals surface area contributed by atoms with Crippen LogP contribution in [0.15, 0.2) is 35.3 Å². The van der Waals surface area contributed by atoms with E-state index in [9.17, 15) is 0 Å². The molecule has 0 radical (unpaired) electrons. The van der Waals surface area contributed by atoms with Gasteiger partial charge in [-0.1, -0.05) is 19.1 Å². The second kappa shape index (κ2) is 6.82. The minimum Gasteiger partial charge on any atom is -0.370 e. The summed E-state index contributed by atoms with van der Waals surface area (Å²) >= 11 is 3.63. The molecule has 0 aliphatic heterocycles. The topological polar surface area (TPSA) is 15.3 Å². The Morgan fingerprint density at radius 3 is 2.76 bits per heavy atom. The van der Waals surface area contributed by atoms with Crippen LogP contribution in [0.25, 0.3) is 0 Å². The molecule has 2 nitrogen and oxygen atoms in total. The minimum absolute atomic E-state index is 0.384. The molecular formula is C14H21BrN2. The monoisotopic (exact) mass is 296 g/mol. The quantitative estimate of drug-likeness (QED) is 0.805. The Hall–Kier alpha value is -0.800. The van der Waals surface area contributed by atoms with E-state index >= 15 is 0 Å².